The maximum atomic E-state index is 12.5. The summed E-state index contributed by atoms with van der Waals surface area (Å²) in [6.45, 7) is 8.55. The highest BCUT2D eigenvalue weighted by Crippen LogP contribution is 2.30. The molecule has 142 valence electrons. The van der Waals surface area contributed by atoms with Crippen LogP contribution in [0.2, 0.25) is 0 Å². The van der Waals surface area contributed by atoms with Gasteiger partial charge in [0.15, 0.2) is 0 Å². The van der Waals surface area contributed by atoms with E-state index in [-0.39, 0.29) is 5.91 Å². The fourth-order valence-electron chi connectivity index (χ4n) is 4.03. The van der Waals surface area contributed by atoms with Crippen LogP contribution in [-0.2, 0) is 17.8 Å². The molecule has 0 unspecified atom stereocenters. The number of carbonyl (C=O) groups is 1. The largest absolute Gasteiger partial charge is 0.381 e. The molecule has 0 aliphatic carbocycles. The van der Waals surface area contributed by atoms with E-state index in [2.05, 4.69) is 42.3 Å². The van der Waals surface area contributed by atoms with Gasteiger partial charge in [0, 0.05) is 44.1 Å². The number of aryl methyl sites for hydroxylation is 2. The SMILES string of the molecule is Cc1cc2c(cc1C)CN(c1cccc(C(=O)NCC[C@@H]3CCOC3)c1)C2. The molecule has 1 amide bonds. The number of ether oxygens (including phenoxy) is 1. The lowest BCUT2D eigenvalue weighted by Gasteiger charge is -2.18. The molecule has 2 aliphatic rings. The Morgan fingerprint density at radius 2 is 1.89 bits per heavy atom. The Kier molecular flexibility index (Phi) is 5.17. The molecule has 0 saturated carbocycles. The minimum Gasteiger partial charge on any atom is -0.381 e. The number of anilines is 1. The molecule has 27 heavy (non-hydrogen) atoms. The monoisotopic (exact) mass is 364 g/mol. The quantitative estimate of drug-likeness (QED) is 0.872. The van der Waals surface area contributed by atoms with Crippen molar-refractivity contribution in [3.8, 4) is 0 Å². The van der Waals surface area contributed by atoms with Crippen molar-refractivity contribution in [3.05, 3.63) is 64.2 Å². The Hall–Kier alpha value is -2.33. The van der Waals surface area contributed by atoms with Crippen LogP contribution in [0.5, 0.6) is 0 Å². The summed E-state index contributed by atoms with van der Waals surface area (Å²) in [7, 11) is 0. The molecule has 4 nitrogen and oxygen atoms in total. The molecule has 0 aromatic heterocycles. The number of rotatable bonds is 5. The van der Waals surface area contributed by atoms with E-state index < -0.39 is 0 Å². The van der Waals surface area contributed by atoms with E-state index in [0.29, 0.717) is 12.5 Å². The molecule has 0 bridgehead atoms. The number of hydrogen-bond acceptors (Lipinski definition) is 3. The first-order chi connectivity index (χ1) is 13.1. The second kappa shape index (κ2) is 7.73. The fraction of sp³-hybridized carbons (Fsp3) is 0.435. The smallest absolute Gasteiger partial charge is 0.251 e. The molecule has 0 radical (unpaired) electrons. The van der Waals surface area contributed by atoms with Gasteiger partial charge in [0.25, 0.3) is 5.91 Å². The van der Waals surface area contributed by atoms with E-state index in [9.17, 15) is 4.79 Å². The molecule has 2 aromatic carbocycles. The molecule has 2 heterocycles. The number of hydrogen-bond donors (Lipinski definition) is 1. The second-order valence-electron chi connectivity index (χ2n) is 7.89. The van der Waals surface area contributed by atoms with Gasteiger partial charge in [0.1, 0.15) is 0 Å². The van der Waals surface area contributed by atoms with E-state index in [1.54, 1.807) is 0 Å². The molecule has 1 saturated heterocycles. The highest BCUT2D eigenvalue weighted by Gasteiger charge is 2.21. The lowest BCUT2D eigenvalue weighted by Crippen LogP contribution is -2.26. The van der Waals surface area contributed by atoms with Gasteiger partial charge >= 0.3 is 0 Å². The maximum Gasteiger partial charge on any atom is 0.251 e. The Labute approximate surface area is 161 Å². The van der Waals surface area contributed by atoms with E-state index in [1.165, 1.54) is 22.3 Å². The summed E-state index contributed by atoms with van der Waals surface area (Å²) >= 11 is 0. The van der Waals surface area contributed by atoms with Crippen molar-refractivity contribution in [1.29, 1.82) is 0 Å². The summed E-state index contributed by atoms with van der Waals surface area (Å²) in [6, 6.07) is 12.6. The first-order valence-electron chi connectivity index (χ1n) is 9.90. The predicted octanol–water partition coefficient (Wildman–Crippen LogP) is 3.98. The summed E-state index contributed by atoms with van der Waals surface area (Å²) in [5.41, 5.74) is 7.32. The van der Waals surface area contributed by atoms with Crippen LogP contribution in [0.15, 0.2) is 36.4 Å². The number of nitrogens with one attached hydrogen (secondary N) is 1. The van der Waals surface area contributed by atoms with E-state index >= 15 is 0 Å². The first kappa shape index (κ1) is 18.1. The van der Waals surface area contributed by atoms with Crippen LogP contribution in [0.4, 0.5) is 5.69 Å². The van der Waals surface area contributed by atoms with E-state index in [4.69, 9.17) is 4.74 Å². The number of benzene rings is 2. The van der Waals surface area contributed by atoms with Gasteiger partial charge in [-0.2, -0.15) is 0 Å². The normalized spacial score (nSPS) is 18.6. The number of carbonyl (C=O) groups excluding carboxylic acids is 1. The molecule has 1 atom stereocenters. The van der Waals surface area contributed by atoms with Gasteiger partial charge in [-0.15, -0.1) is 0 Å². The zero-order valence-corrected chi connectivity index (χ0v) is 16.3. The Bertz CT molecular complexity index is 809. The lowest BCUT2D eigenvalue weighted by molar-refractivity contribution is 0.0950. The minimum absolute atomic E-state index is 0.0131. The van der Waals surface area contributed by atoms with Crippen LogP contribution in [0.1, 0.15) is 45.5 Å². The van der Waals surface area contributed by atoms with E-state index in [0.717, 1.165) is 50.4 Å². The van der Waals surface area contributed by atoms with Gasteiger partial charge in [-0.25, -0.2) is 0 Å². The lowest BCUT2D eigenvalue weighted by atomic mass is 10.0. The van der Waals surface area contributed by atoms with Crippen molar-refractivity contribution < 1.29 is 9.53 Å². The molecule has 2 aromatic rings. The summed E-state index contributed by atoms with van der Waals surface area (Å²) in [5, 5.41) is 3.06. The third-order valence-corrected chi connectivity index (χ3v) is 5.87. The molecule has 1 N–H and O–H groups in total. The molecular weight excluding hydrogens is 336 g/mol. The van der Waals surface area contributed by atoms with Gasteiger partial charge in [-0.3, -0.25) is 4.79 Å². The second-order valence-corrected chi connectivity index (χ2v) is 7.89. The van der Waals surface area contributed by atoms with Gasteiger partial charge in [0.2, 0.25) is 0 Å². The summed E-state index contributed by atoms with van der Waals surface area (Å²) < 4.78 is 5.40. The van der Waals surface area contributed by atoms with Gasteiger partial charge < -0.3 is 15.0 Å². The maximum absolute atomic E-state index is 12.5. The van der Waals surface area contributed by atoms with Crippen LogP contribution in [0, 0.1) is 19.8 Å². The Morgan fingerprint density at radius 3 is 2.56 bits per heavy atom. The van der Waals surface area contributed by atoms with E-state index in [1.807, 2.05) is 18.2 Å². The van der Waals surface area contributed by atoms with Crippen molar-refractivity contribution >= 4 is 11.6 Å². The Balaban J connectivity index is 1.39. The summed E-state index contributed by atoms with van der Waals surface area (Å²) in [6.07, 6.45) is 2.10. The van der Waals surface area contributed by atoms with Crippen LogP contribution >= 0.6 is 0 Å². The summed E-state index contributed by atoms with van der Waals surface area (Å²) in [4.78, 5) is 14.9. The van der Waals surface area contributed by atoms with Crippen molar-refractivity contribution in [2.75, 3.05) is 24.7 Å². The number of nitrogens with zero attached hydrogens (tertiary/aromatic N) is 1. The minimum atomic E-state index is 0.0131. The summed E-state index contributed by atoms with van der Waals surface area (Å²) in [5.74, 6) is 0.603. The third-order valence-electron chi connectivity index (χ3n) is 5.87. The Morgan fingerprint density at radius 1 is 1.15 bits per heavy atom. The van der Waals surface area contributed by atoms with Crippen molar-refractivity contribution in [2.45, 2.75) is 39.8 Å². The topological polar surface area (TPSA) is 41.6 Å². The zero-order valence-electron chi connectivity index (χ0n) is 16.3. The standard InChI is InChI=1S/C23H28N2O2/c1-16-10-20-13-25(14-21(20)11-17(16)2)22-5-3-4-19(12-22)23(26)24-8-6-18-7-9-27-15-18/h3-5,10-12,18H,6-9,13-15H2,1-2H3,(H,24,26)/t18-/m1/s1. The average molecular weight is 364 g/mol. The first-order valence-corrected chi connectivity index (χ1v) is 9.90. The average Bonchev–Trinajstić information content (AvgIpc) is 3.32. The van der Waals surface area contributed by atoms with Crippen LogP contribution in [0.25, 0.3) is 0 Å². The van der Waals surface area contributed by atoms with Crippen molar-refractivity contribution in [2.24, 2.45) is 5.92 Å². The van der Waals surface area contributed by atoms with Crippen molar-refractivity contribution in [3.63, 3.8) is 0 Å². The van der Waals surface area contributed by atoms with Gasteiger partial charge in [-0.1, -0.05) is 18.2 Å². The highest BCUT2D eigenvalue weighted by molar-refractivity contribution is 5.95. The molecule has 4 heteroatoms. The predicted molar refractivity (Wildman–Crippen MR) is 108 cm³/mol. The molecule has 4 rings (SSSR count). The third kappa shape index (κ3) is 4.01. The van der Waals surface area contributed by atoms with Gasteiger partial charge in [-0.05, 0) is 73.1 Å². The zero-order chi connectivity index (χ0) is 18.8. The fourth-order valence-corrected chi connectivity index (χ4v) is 4.03. The number of fused-ring (bicyclic) bond motifs is 1. The van der Waals surface area contributed by atoms with Crippen LogP contribution < -0.4 is 10.2 Å². The van der Waals surface area contributed by atoms with Crippen LogP contribution in [0.3, 0.4) is 0 Å². The van der Waals surface area contributed by atoms with Crippen LogP contribution in [-0.4, -0.2) is 25.7 Å². The molecular formula is C23H28N2O2. The number of amides is 1. The molecule has 1 fully saturated rings. The van der Waals surface area contributed by atoms with Crippen molar-refractivity contribution in [1.82, 2.24) is 5.32 Å². The molecule has 0 spiro atoms. The highest BCUT2D eigenvalue weighted by atomic mass is 16.5. The molecule has 2 aliphatic heterocycles. The van der Waals surface area contributed by atoms with Gasteiger partial charge in [0.05, 0.1) is 0 Å².